The molecule has 0 fully saturated rings. The van der Waals surface area contributed by atoms with Crippen molar-refractivity contribution < 1.29 is 31.5 Å². The van der Waals surface area contributed by atoms with E-state index in [9.17, 15) is 31.5 Å². The van der Waals surface area contributed by atoms with Gasteiger partial charge in [-0.2, -0.15) is 18.3 Å². The van der Waals surface area contributed by atoms with E-state index in [0.717, 1.165) is 29.1 Å². The fourth-order valence-electron chi connectivity index (χ4n) is 2.57. The van der Waals surface area contributed by atoms with Gasteiger partial charge in [0.1, 0.15) is 11.6 Å². The van der Waals surface area contributed by atoms with Crippen molar-refractivity contribution in [2.24, 2.45) is 5.73 Å². The lowest BCUT2D eigenvalue weighted by molar-refractivity contribution is -0.137. The molecule has 0 atom stereocenters. The molecular formula is C18H12F5N5O2. The molecule has 12 heteroatoms. The first kappa shape index (κ1) is 20.9. The molecule has 3 aromatic rings. The van der Waals surface area contributed by atoms with Gasteiger partial charge in [0.25, 0.3) is 11.8 Å². The van der Waals surface area contributed by atoms with Crippen LogP contribution in [0.25, 0.3) is 5.82 Å². The van der Waals surface area contributed by atoms with Crippen LogP contribution in [0.2, 0.25) is 0 Å². The van der Waals surface area contributed by atoms with Gasteiger partial charge in [0.2, 0.25) is 0 Å². The number of aromatic nitrogens is 3. The Hall–Kier alpha value is -3.83. The van der Waals surface area contributed by atoms with Gasteiger partial charge in [-0.15, -0.1) is 0 Å². The van der Waals surface area contributed by atoms with E-state index in [1.165, 1.54) is 6.92 Å². The smallest absolute Gasteiger partial charge is 0.366 e. The molecule has 0 unspecified atom stereocenters. The summed E-state index contributed by atoms with van der Waals surface area (Å²) in [6.45, 7) is 1.44. The van der Waals surface area contributed by atoms with Crippen molar-refractivity contribution in [3.05, 3.63) is 70.7 Å². The molecule has 3 N–H and O–H groups in total. The van der Waals surface area contributed by atoms with Crippen LogP contribution in [0.15, 0.2) is 36.7 Å². The van der Waals surface area contributed by atoms with Gasteiger partial charge >= 0.3 is 6.18 Å². The summed E-state index contributed by atoms with van der Waals surface area (Å²) in [4.78, 5) is 27.4. The van der Waals surface area contributed by atoms with Gasteiger partial charge in [-0.1, -0.05) is 0 Å². The van der Waals surface area contributed by atoms with Gasteiger partial charge in [-0.3, -0.25) is 9.59 Å². The molecule has 0 spiro atoms. The Morgan fingerprint density at radius 2 is 1.77 bits per heavy atom. The SMILES string of the molecule is Cc1c(C(=O)Nc2cc(C(N)=O)c(F)cc2F)cnn1-c1ccc(C(F)(F)F)cn1. The zero-order valence-corrected chi connectivity index (χ0v) is 15.1. The number of hydrogen-bond donors (Lipinski definition) is 2. The number of carbonyl (C=O) groups is 2. The zero-order valence-electron chi connectivity index (χ0n) is 15.1. The van der Waals surface area contributed by atoms with Crippen LogP contribution in [-0.4, -0.2) is 26.6 Å². The molecule has 0 aliphatic carbocycles. The molecule has 0 radical (unpaired) electrons. The van der Waals surface area contributed by atoms with Crippen LogP contribution in [0.3, 0.4) is 0 Å². The number of hydrogen-bond acceptors (Lipinski definition) is 4. The first-order valence-electron chi connectivity index (χ1n) is 8.17. The lowest BCUT2D eigenvalue weighted by Gasteiger charge is -2.09. The van der Waals surface area contributed by atoms with E-state index in [4.69, 9.17) is 5.73 Å². The number of nitrogens with one attached hydrogen (secondary N) is 1. The molecule has 0 saturated heterocycles. The zero-order chi connectivity index (χ0) is 22.2. The number of primary amides is 1. The quantitative estimate of drug-likeness (QED) is 0.627. The predicted octanol–water partition coefficient (Wildman–Crippen LogP) is 3.22. The van der Waals surface area contributed by atoms with E-state index in [-0.39, 0.29) is 17.1 Å². The van der Waals surface area contributed by atoms with Crippen LogP contribution < -0.4 is 11.1 Å². The third-order valence-electron chi connectivity index (χ3n) is 4.12. The second kappa shape index (κ2) is 7.54. The van der Waals surface area contributed by atoms with E-state index in [0.29, 0.717) is 12.3 Å². The molecule has 0 saturated carbocycles. The number of pyridine rings is 1. The molecule has 2 heterocycles. The van der Waals surface area contributed by atoms with Crippen molar-refractivity contribution in [3.63, 3.8) is 0 Å². The Bertz CT molecular complexity index is 1140. The number of rotatable bonds is 4. The van der Waals surface area contributed by atoms with Crippen molar-refractivity contribution in [2.75, 3.05) is 5.32 Å². The number of amides is 2. The number of halogens is 5. The summed E-state index contributed by atoms with van der Waals surface area (Å²) < 4.78 is 66.6. The lowest BCUT2D eigenvalue weighted by atomic mass is 10.1. The maximum Gasteiger partial charge on any atom is 0.417 e. The third kappa shape index (κ3) is 3.97. The van der Waals surface area contributed by atoms with Gasteiger partial charge in [-0.05, 0) is 25.1 Å². The first-order chi connectivity index (χ1) is 14.0. The van der Waals surface area contributed by atoms with E-state index in [1.54, 1.807) is 0 Å². The summed E-state index contributed by atoms with van der Waals surface area (Å²) in [5, 5.41) is 6.08. The monoisotopic (exact) mass is 425 g/mol. The number of nitrogens with two attached hydrogens (primary N) is 1. The van der Waals surface area contributed by atoms with E-state index < -0.39 is 46.4 Å². The average molecular weight is 425 g/mol. The number of alkyl halides is 3. The van der Waals surface area contributed by atoms with Crippen molar-refractivity contribution in [3.8, 4) is 5.82 Å². The Kier molecular flexibility index (Phi) is 5.25. The summed E-state index contributed by atoms with van der Waals surface area (Å²) in [6.07, 6.45) is -2.84. The van der Waals surface area contributed by atoms with E-state index in [1.807, 2.05) is 0 Å². The summed E-state index contributed by atoms with van der Waals surface area (Å²) in [7, 11) is 0. The molecule has 0 aliphatic rings. The van der Waals surface area contributed by atoms with Gasteiger partial charge in [0, 0.05) is 12.3 Å². The molecule has 0 bridgehead atoms. The molecule has 2 aromatic heterocycles. The Morgan fingerprint density at radius 3 is 2.33 bits per heavy atom. The number of nitrogens with zero attached hydrogens (tertiary/aromatic N) is 3. The summed E-state index contributed by atoms with van der Waals surface area (Å²) in [6, 6.07) is 3.03. The Labute approximate surface area is 165 Å². The largest absolute Gasteiger partial charge is 0.417 e. The lowest BCUT2D eigenvalue weighted by Crippen LogP contribution is -2.17. The summed E-state index contributed by atoms with van der Waals surface area (Å²) >= 11 is 0. The second-order valence-electron chi connectivity index (χ2n) is 6.09. The van der Waals surface area contributed by atoms with Crippen LogP contribution in [0.5, 0.6) is 0 Å². The molecular weight excluding hydrogens is 413 g/mol. The van der Waals surface area contributed by atoms with Crippen LogP contribution in [0.1, 0.15) is 32.0 Å². The standard InChI is InChI=1S/C18H12F5N5O2/c1-8-11(7-26-28(8)15-3-2-9(6-25-15)18(21,22)23)17(30)27-14-4-10(16(24)29)12(19)5-13(14)20/h2-7H,1H3,(H2,24,29)(H,27,30). The minimum Gasteiger partial charge on any atom is -0.366 e. The number of carbonyl (C=O) groups excluding carboxylic acids is 2. The van der Waals surface area contributed by atoms with Gasteiger partial charge in [-0.25, -0.2) is 18.4 Å². The Balaban J connectivity index is 1.88. The summed E-state index contributed by atoms with van der Waals surface area (Å²) in [5.74, 6) is -4.31. The van der Waals surface area contributed by atoms with E-state index >= 15 is 0 Å². The molecule has 2 amide bonds. The Morgan fingerprint density at radius 1 is 1.07 bits per heavy atom. The second-order valence-corrected chi connectivity index (χ2v) is 6.09. The van der Waals surface area contributed by atoms with Crippen molar-refractivity contribution in [1.82, 2.24) is 14.8 Å². The maximum atomic E-state index is 13.9. The molecule has 0 aliphatic heterocycles. The first-order valence-corrected chi connectivity index (χ1v) is 8.17. The van der Waals surface area contributed by atoms with Crippen LogP contribution in [-0.2, 0) is 6.18 Å². The topological polar surface area (TPSA) is 103 Å². The predicted molar refractivity (Wildman–Crippen MR) is 93.9 cm³/mol. The minimum absolute atomic E-state index is 0.0172. The van der Waals surface area contributed by atoms with Gasteiger partial charge in [0.15, 0.2) is 5.82 Å². The van der Waals surface area contributed by atoms with Gasteiger partial charge in [0.05, 0.1) is 34.3 Å². The fraction of sp³-hybridized carbons (Fsp3) is 0.111. The van der Waals surface area contributed by atoms with E-state index in [2.05, 4.69) is 15.4 Å². The highest BCUT2D eigenvalue weighted by molar-refractivity contribution is 6.05. The highest BCUT2D eigenvalue weighted by Gasteiger charge is 2.31. The maximum absolute atomic E-state index is 13.9. The highest BCUT2D eigenvalue weighted by Crippen LogP contribution is 2.29. The molecule has 30 heavy (non-hydrogen) atoms. The molecule has 3 rings (SSSR count). The van der Waals surface area contributed by atoms with Crippen LogP contribution in [0, 0.1) is 18.6 Å². The highest BCUT2D eigenvalue weighted by atomic mass is 19.4. The normalized spacial score (nSPS) is 11.4. The van der Waals surface area contributed by atoms with Gasteiger partial charge < -0.3 is 11.1 Å². The van der Waals surface area contributed by atoms with Crippen molar-refractivity contribution >= 4 is 17.5 Å². The average Bonchev–Trinajstić information content (AvgIpc) is 3.04. The fourth-order valence-corrected chi connectivity index (χ4v) is 2.57. The third-order valence-corrected chi connectivity index (χ3v) is 4.12. The summed E-state index contributed by atoms with van der Waals surface area (Å²) in [5.41, 5.74) is 3.08. The molecule has 1 aromatic carbocycles. The van der Waals surface area contributed by atoms with Crippen molar-refractivity contribution in [1.29, 1.82) is 0 Å². The van der Waals surface area contributed by atoms with Crippen LogP contribution >= 0.6 is 0 Å². The molecule has 7 nitrogen and oxygen atoms in total. The number of anilines is 1. The molecule has 156 valence electrons. The minimum atomic E-state index is -4.56. The van der Waals surface area contributed by atoms with Crippen LogP contribution in [0.4, 0.5) is 27.6 Å². The number of benzene rings is 1. The van der Waals surface area contributed by atoms with Crippen molar-refractivity contribution in [2.45, 2.75) is 13.1 Å².